The van der Waals surface area contributed by atoms with Crippen LogP contribution in [-0.4, -0.2) is 11.1 Å². The average molecular weight is 302 g/mol. The Morgan fingerprint density at radius 1 is 1.00 bits per heavy atom. The Labute approximate surface area is 134 Å². The molecule has 2 rings (SSSR count). The summed E-state index contributed by atoms with van der Waals surface area (Å²) in [5.41, 5.74) is 1.66. The van der Waals surface area contributed by atoms with E-state index in [1.54, 1.807) is 12.1 Å². The van der Waals surface area contributed by atoms with E-state index in [0.717, 1.165) is 18.3 Å². The number of unbranched alkanes of at least 4 members (excludes halogenated alkanes) is 2. The highest BCUT2D eigenvalue weighted by atomic mass is 16.4. The molecular weight excluding hydrogens is 272 g/mol. The molecule has 0 unspecified atom stereocenters. The number of carboxylic acids is 1. The van der Waals surface area contributed by atoms with Gasteiger partial charge in [-0.15, -0.1) is 0 Å². The second-order valence-corrected chi connectivity index (χ2v) is 6.92. The van der Waals surface area contributed by atoms with Crippen molar-refractivity contribution in [1.29, 1.82) is 0 Å². The minimum Gasteiger partial charge on any atom is -0.478 e. The number of aromatic carboxylic acids is 1. The third-order valence-electron chi connectivity index (χ3n) is 5.22. The van der Waals surface area contributed by atoms with Crippen LogP contribution in [0.4, 0.5) is 0 Å². The number of carbonyl (C=O) groups is 1. The molecule has 0 amide bonds. The largest absolute Gasteiger partial charge is 0.478 e. The van der Waals surface area contributed by atoms with Gasteiger partial charge in [-0.1, -0.05) is 70.4 Å². The number of carboxylic acid groups (broad SMARTS) is 1. The molecule has 22 heavy (non-hydrogen) atoms. The first-order chi connectivity index (χ1) is 10.7. The van der Waals surface area contributed by atoms with Crippen LogP contribution in [0, 0.1) is 11.8 Å². The Kier molecular flexibility index (Phi) is 6.95. The second kappa shape index (κ2) is 8.97. The highest BCUT2D eigenvalue weighted by molar-refractivity contribution is 5.87. The molecule has 1 fully saturated rings. The van der Waals surface area contributed by atoms with E-state index in [9.17, 15) is 4.79 Å². The molecule has 1 N–H and O–H groups in total. The molecule has 1 saturated carbocycles. The third kappa shape index (κ3) is 5.47. The molecule has 1 aliphatic rings. The van der Waals surface area contributed by atoms with Crippen LogP contribution in [-0.2, 0) is 6.42 Å². The summed E-state index contributed by atoms with van der Waals surface area (Å²) >= 11 is 0. The lowest BCUT2D eigenvalue weighted by atomic mass is 9.78. The van der Waals surface area contributed by atoms with Crippen molar-refractivity contribution in [1.82, 2.24) is 0 Å². The minimum atomic E-state index is -0.840. The normalized spacial score (nSPS) is 21.7. The summed E-state index contributed by atoms with van der Waals surface area (Å²) in [6.45, 7) is 2.28. The fraction of sp³-hybridized carbons (Fsp3) is 0.650. The number of hydrogen-bond acceptors (Lipinski definition) is 1. The van der Waals surface area contributed by atoms with Gasteiger partial charge in [0.15, 0.2) is 0 Å². The Morgan fingerprint density at radius 2 is 1.59 bits per heavy atom. The van der Waals surface area contributed by atoms with Crippen LogP contribution in [0.15, 0.2) is 24.3 Å². The zero-order valence-electron chi connectivity index (χ0n) is 13.9. The molecule has 122 valence electrons. The molecule has 0 bridgehead atoms. The predicted molar refractivity (Wildman–Crippen MR) is 91.3 cm³/mol. The van der Waals surface area contributed by atoms with Gasteiger partial charge in [0, 0.05) is 0 Å². The molecule has 1 aromatic carbocycles. The van der Waals surface area contributed by atoms with Crippen LogP contribution >= 0.6 is 0 Å². The van der Waals surface area contributed by atoms with E-state index >= 15 is 0 Å². The molecule has 0 spiro atoms. The summed E-state index contributed by atoms with van der Waals surface area (Å²) in [6, 6.07) is 7.39. The molecule has 0 aromatic heterocycles. The van der Waals surface area contributed by atoms with Crippen molar-refractivity contribution < 1.29 is 9.90 Å². The van der Waals surface area contributed by atoms with Gasteiger partial charge < -0.3 is 5.11 Å². The highest BCUT2D eigenvalue weighted by Crippen LogP contribution is 2.34. The Bertz CT molecular complexity index is 441. The zero-order valence-corrected chi connectivity index (χ0v) is 13.9. The van der Waals surface area contributed by atoms with Crippen molar-refractivity contribution in [3.63, 3.8) is 0 Å². The maximum Gasteiger partial charge on any atom is 0.335 e. The van der Waals surface area contributed by atoms with Crippen LogP contribution in [0.25, 0.3) is 0 Å². The number of hydrogen-bond donors (Lipinski definition) is 1. The van der Waals surface area contributed by atoms with Crippen LogP contribution in [0.3, 0.4) is 0 Å². The fourth-order valence-corrected chi connectivity index (χ4v) is 3.68. The fourth-order valence-electron chi connectivity index (χ4n) is 3.68. The number of rotatable bonds is 8. The first-order valence-corrected chi connectivity index (χ1v) is 9.01. The number of benzene rings is 1. The van der Waals surface area contributed by atoms with E-state index in [4.69, 9.17) is 5.11 Å². The lowest BCUT2D eigenvalue weighted by Gasteiger charge is -2.28. The minimum absolute atomic E-state index is 0.385. The van der Waals surface area contributed by atoms with E-state index in [2.05, 4.69) is 6.92 Å². The summed E-state index contributed by atoms with van der Waals surface area (Å²) in [5.74, 6) is 1.02. The smallest absolute Gasteiger partial charge is 0.335 e. The van der Waals surface area contributed by atoms with E-state index < -0.39 is 5.97 Å². The maximum atomic E-state index is 10.8. The van der Waals surface area contributed by atoms with Crippen molar-refractivity contribution in [3.05, 3.63) is 35.4 Å². The van der Waals surface area contributed by atoms with E-state index in [-0.39, 0.29) is 0 Å². The van der Waals surface area contributed by atoms with Gasteiger partial charge in [-0.3, -0.25) is 0 Å². The van der Waals surface area contributed by atoms with Crippen LogP contribution < -0.4 is 0 Å². The lowest BCUT2D eigenvalue weighted by Crippen LogP contribution is -2.15. The van der Waals surface area contributed by atoms with Crippen LogP contribution in [0.1, 0.15) is 80.6 Å². The van der Waals surface area contributed by atoms with Gasteiger partial charge in [-0.2, -0.15) is 0 Å². The molecule has 1 aliphatic carbocycles. The Morgan fingerprint density at radius 3 is 2.14 bits per heavy atom. The van der Waals surface area contributed by atoms with Gasteiger partial charge in [0.1, 0.15) is 0 Å². The third-order valence-corrected chi connectivity index (χ3v) is 5.22. The molecular formula is C20H30O2. The lowest BCUT2D eigenvalue weighted by molar-refractivity contribution is 0.0697. The summed E-state index contributed by atoms with van der Waals surface area (Å²) < 4.78 is 0. The van der Waals surface area contributed by atoms with Gasteiger partial charge in [0.2, 0.25) is 0 Å². The SMILES string of the molecule is CCCCCC1CCC(CCc2ccc(C(=O)O)cc2)CC1. The first-order valence-electron chi connectivity index (χ1n) is 9.01. The first kappa shape index (κ1) is 17.1. The molecule has 0 radical (unpaired) electrons. The van der Waals surface area contributed by atoms with Crippen molar-refractivity contribution in [3.8, 4) is 0 Å². The van der Waals surface area contributed by atoms with Crippen molar-refractivity contribution >= 4 is 5.97 Å². The van der Waals surface area contributed by atoms with Gasteiger partial charge >= 0.3 is 5.97 Å². The Balaban J connectivity index is 1.67. The quantitative estimate of drug-likeness (QED) is 0.625. The van der Waals surface area contributed by atoms with Crippen LogP contribution in [0.5, 0.6) is 0 Å². The Hall–Kier alpha value is -1.31. The molecule has 0 aliphatic heterocycles. The summed E-state index contributed by atoms with van der Waals surface area (Å²) in [6.07, 6.45) is 13.6. The van der Waals surface area contributed by atoms with Crippen molar-refractivity contribution in [2.75, 3.05) is 0 Å². The standard InChI is InChI=1S/C20H30O2/c1-2-3-4-5-16-6-8-17(9-7-16)10-11-18-12-14-19(15-13-18)20(21)22/h12-17H,2-11H2,1H3,(H,21,22). The van der Waals surface area contributed by atoms with Crippen molar-refractivity contribution in [2.24, 2.45) is 11.8 Å². The molecule has 2 nitrogen and oxygen atoms in total. The van der Waals surface area contributed by atoms with E-state index in [1.165, 1.54) is 63.4 Å². The summed E-state index contributed by atoms with van der Waals surface area (Å²) in [5, 5.41) is 8.91. The molecule has 0 heterocycles. The summed E-state index contributed by atoms with van der Waals surface area (Å²) in [4.78, 5) is 10.8. The average Bonchev–Trinajstić information content (AvgIpc) is 2.55. The second-order valence-electron chi connectivity index (χ2n) is 6.92. The monoisotopic (exact) mass is 302 g/mol. The predicted octanol–water partition coefficient (Wildman–Crippen LogP) is 5.70. The summed E-state index contributed by atoms with van der Waals surface area (Å²) in [7, 11) is 0. The van der Waals surface area contributed by atoms with E-state index in [1.807, 2.05) is 12.1 Å². The van der Waals surface area contributed by atoms with Crippen molar-refractivity contribution in [2.45, 2.75) is 71.1 Å². The number of aryl methyl sites for hydroxylation is 1. The van der Waals surface area contributed by atoms with Gasteiger partial charge in [-0.05, 0) is 42.4 Å². The maximum absolute atomic E-state index is 10.8. The van der Waals surface area contributed by atoms with Gasteiger partial charge in [0.25, 0.3) is 0 Å². The molecule has 1 aromatic rings. The van der Waals surface area contributed by atoms with Gasteiger partial charge in [-0.25, -0.2) is 4.79 Å². The van der Waals surface area contributed by atoms with E-state index in [0.29, 0.717) is 5.56 Å². The molecule has 0 saturated heterocycles. The van der Waals surface area contributed by atoms with Crippen LogP contribution in [0.2, 0.25) is 0 Å². The topological polar surface area (TPSA) is 37.3 Å². The van der Waals surface area contributed by atoms with Gasteiger partial charge in [0.05, 0.1) is 5.56 Å². The molecule has 2 heteroatoms. The highest BCUT2D eigenvalue weighted by Gasteiger charge is 2.20. The molecule has 0 atom stereocenters. The zero-order chi connectivity index (χ0) is 15.8.